The van der Waals surface area contributed by atoms with E-state index in [2.05, 4.69) is 24.4 Å². The Labute approximate surface area is 114 Å². The van der Waals surface area contributed by atoms with Gasteiger partial charge < -0.3 is 19.9 Å². The summed E-state index contributed by atoms with van der Waals surface area (Å²) in [4.78, 5) is 0. The molecule has 2 rings (SSSR count). The number of ether oxygens (including phenoxy) is 2. The lowest BCUT2D eigenvalue weighted by molar-refractivity contribution is -0.155. The van der Waals surface area contributed by atoms with Crippen molar-refractivity contribution in [2.75, 3.05) is 34.0 Å². The van der Waals surface area contributed by atoms with Gasteiger partial charge >= 0.3 is 0 Å². The summed E-state index contributed by atoms with van der Waals surface area (Å²) in [5.74, 6) is 0.858. The Morgan fingerprint density at radius 3 is 2.63 bits per heavy atom. The summed E-state index contributed by atoms with van der Waals surface area (Å²) < 4.78 is 10.8. The molecule has 1 aliphatic heterocycles. The topological polar surface area (TPSA) is 50.7 Å². The predicted molar refractivity (Wildman–Crippen MR) is 74.5 cm³/mol. The number of methoxy groups -OCH3 is 1. The van der Waals surface area contributed by atoms with E-state index in [9.17, 15) is 5.11 Å². The van der Waals surface area contributed by atoms with Gasteiger partial charge in [-0.1, -0.05) is 19.1 Å². The minimum atomic E-state index is -0.242. The molecule has 1 fully saturated rings. The van der Waals surface area contributed by atoms with Gasteiger partial charge in [-0.15, -0.1) is 0 Å². The van der Waals surface area contributed by atoms with Crippen molar-refractivity contribution in [2.45, 2.75) is 19.4 Å². The first kappa shape index (κ1) is 14.3. The number of hydrogen-bond donors (Lipinski definition) is 2. The van der Waals surface area contributed by atoms with Crippen molar-refractivity contribution in [3.8, 4) is 5.75 Å². The maximum Gasteiger partial charge on any atom is 0.123 e. The average molecular weight is 265 g/mol. The Bertz CT molecular complexity index is 424. The van der Waals surface area contributed by atoms with Crippen molar-refractivity contribution in [3.63, 3.8) is 0 Å². The number of nitrogens with one attached hydrogen (secondary N) is 1. The van der Waals surface area contributed by atoms with Crippen LogP contribution in [0.1, 0.15) is 24.1 Å². The van der Waals surface area contributed by atoms with Gasteiger partial charge in [0.15, 0.2) is 0 Å². The van der Waals surface area contributed by atoms with Crippen molar-refractivity contribution in [2.24, 2.45) is 5.41 Å². The smallest absolute Gasteiger partial charge is 0.123 e. The van der Waals surface area contributed by atoms with E-state index in [0.717, 1.165) is 17.7 Å². The van der Waals surface area contributed by atoms with Crippen molar-refractivity contribution >= 4 is 0 Å². The standard InChI is InChI=1S/C15H23NO3/c1-4-11-5-6-13(18-3)12(7-11)14(16-2)15(8-17)9-19-10-15/h5-7,14,16-17H,4,8-10H2,1-3H3. The van der Waals surface area contributed by atoms with Crippen LogP contribution in [0.5, 0.6) is 5.75 Å². The van der Waals surface area contributed by atoms with Crippen molar-refractivity contribution < 1.29 is 14.6 Å². The molecule has 0 saturated carbocycles. The largest absolute Gasteiger partial charge is 0.496 e. The second-order valence-corrected chi connectivity index (χ2v) is 5.16. The number of aliphatic hydroxyl groups is 1. The van der Waals surface area contributed by atoms with Crippen LogP contribution in [-0.2, 0) is 11.2 Å². The molecule has 1 aromatic rings. The molecular formula is C15H23NO3. The number of benzene rings is 1. The minimum absolute atomic E-state index is 0.0349. The fourth-order valence-corrected chi connectivity index (χ4v) is 2.73. The summed E-state index contributed by atoms with van der Waals surface area (Å²) in [5, 5.41) is 13.0. The van der Waals surface area contributed by atoms with E-state index in [4.69, 9.17) is 9.47 Å². The maximum absolute atomic E-state index is 9.73. The normalized spacial score (nSPS) is 18.7. The summed E-state index contributed by atoms with van der Waals surface area (Å²) in [7, 11) is 3.60. The monoisotopic (exact) mass is 265 g/mol. The van der Waals surface area contributed by atoms with E-state index in [0.29, 0.717) is 13.2 Å². The second kappa shape index (κ2) is 5.90. The zero-order chi connectivity index (χ0) is 13.9. The molecule has 0 bridgehead atoms. The highest BCUT2D eigenvalue weighted by Crippen LogP contribution is 2.43. The van der Waals surface area contributed by atoms with Gasteiger partial charge in [0.25, 0.3) is 0 Å². The van der Waals surface area contributed by atoms with E-state index < -0.39 is 0 Å². The Morgan fingerprint density at radius 2 is 2.21 bits per heavy atom. The van der Waals surface area contributed by atoms with Crippen LogP contribution >= 0.6 is 0 Å². The SMILES string of the molecule is CCc1ccc(OC)c(C(NC)C2(CO)COC2)c1. The van der Waals surface area contributed by atoms with E-state index >= 15 is 0 Å². The van der Waals surface area contributed by atoms with Crippen molar-refractivity contribution in [1.29, 1.82) is 0 Å². The molecule has 1 aliphatic rings. The highest BCUT2D eigenvalue weighted by atomic mass is 16.5. The van der Waals surface area contributed by atoms with Gasteiger partial charge in [0.2, 0.25) is 0 Å². The first-order chi connectivity index (χ1) is 9.20. The Kier molecular flexibility index (Phi) is 4.45. The van der Waals surface area contributed by atoms with Crippen molar-refractivity contribution in [3.05, 3.63) is 29.3 Å². The minimum Gasteiger partial charge on any atom is -0.496 e. The van der Waals surface area contributed by atoms with Gasteiger partial charge in [-0.3, -0.25) is 0 Å². The van der Waals surface area contributed by atoms with Gasteiger partial charge in [-0.25, -0.2) is 0 Å². The number of hydrogen-bond acceptors (Lipinski definition) is 4. The fraction of sp³-hybridized carbons (Fsp3) is 0.600. The van der Waals surface area contributed by atoms with Gasteiger partial charge in [0.05, 0.1) is 32.3 Å². The Morgan fingerprint density at radius 1 is 1.47 bits per heavy atom. The Hall–Kier alpha value is -1.10. The molecule has 0 aromatic heterocycles. The first-order valence-corrected chi connectivity index (χ1v) is 6.73. The Balaban J connectivity index is 2.41. The zero-order valence-corrected chi connectivity index (χ0v) is 11.9. The van der Waals surface area contributed by atoms with Gasteiger partial charge in [-0.05, 0) is 25.1 Å². The molecule has 0 radical (unpaired) electrons. The quantitative estimate of drug-likeness (QED) is 0.819. The molecule has 1 saturated heterocycles. The average Bonchev–Trinajstić information content (AvgIpc) is 2.42. The lowest BCUT2D eigenvalue weighted by atomic mass is 9.75. The first-order valence-electron chi connectivity index (χ1n) is 6.73. The van der Waals surface area contributed by atoms with Crippen LogP contribution in [0.4, 0.5) is 0 Å². The molecule has 0 amide bonds. The molecule has 2 N–H and O–H groups in total. The van der Waals surface area contributed by atoms with Crippen LogP contribution in [0.3, 0.4) is 0 Å². The molecule has 19 heavy (non-hydrogen) atoms. The molecule has 106 valence electrons. The molecule has 0 aliphatic carbocycles. The third kappa shape index (κ3) is 2.48. The summed E-state index contributed by atoms with van der Waals surface area (Å²) in [5.41, 5.74) is 2.13. The molecule has 1 aromatic carbocycles. The van der Waals surface area contributed by atoms with E-state index in [1.807, 2.05) is 13.1 Å². The molecule has 1 heterocycles. The van der Waals surface area contributed by atoms with Crippen LogP contribution in [0.25, 0.3) is 0 Å². The summed E-state index contributed by atoms with van der Waals surface area (Å²) >= 11 is 0. The molecular weight excluding hydrogens is 242 g/mol. The third-order valence-corrected chi connectivity index (χ3v) is 4.01. The number of rotatable bonds is 6. The molecule has 1 atom stereocenters. The predicted octanol–water partition coefficient (Wildman–Crippen LogP) is 1.53. The number of aliphatic hydroxyl groups excluding tert-OH is 1. The molecule has 4 heteroatoms. The van der Waals surface area contributed by atoms with E-state index in [-0.39, 0.29) is 18.1 Å². The zero-order valence-electron chi connectivity index (χ0n) is 11.9. The van der Waals surface area contributed by atoms with E-state index in [1.165, 1.54) is 5.56 Å². The van der Waals surface area contributed by atoms with Gasteiger partial charge in [0.1, 0.15) is 5.75 Å². The van der Waals surface area contributed by atoms with Gasteiger partial charge in [0, 0.05) is 11.6 Å². The van der Waals surface area contributed by atoms with E-state index in [1.54, 1.807) is 7.11 Å². The lowest BCUT2D eigenvalue weighted by Gasteiger charge is -2.46. The summed E-state index contributed by atoms with van der Waals surface area (Å²) in [6, 6.07) is 6.28. The molecule has 0 spiro atoms. The van der Waals surface area contributed by atoms with Crippen LogP contribution < -0.4 is 10.1 Å². The summed E-state index contributed by atoms with van der Waals surface area (Å²) in [6.07, 6.45) is 0.982. The summed E-state index contributed by atoms with van der Waals surface area (Å²) in [6.45, 7) is 3.40. The van der Waals surface area contributed by atoms with Crippen LogP contribution in [-0.4, -0.2) is 39.1 Å². The lowest BCUT2D eigenvalue weighted by Crippen LogP contribution is -2.53. The van der Waals surface area contributed by atoms with Crippen LogP contribution in [0, 0.1) is 5.41 Å². The van der Waals surface area contributed by atoms with Crippen LogP contribution in [0.2, 0.25) is 0 Å². The highest BCUT2D eigenvalue weighted by Gasteiger charge is 2.46. The third-order valence-electron chi connectivity index (χ3n) is 4.01. The van der Waals surface area contributed by atoms with Gasteiger partial charge in [-0.2, -0.15) is 0 Å². The highest BCUT2D eigenvalue weighted by molar-refractivity contribution is 5.41. The fourth-order valence-electron chi connectivity index (χ4n) is 2.73. The molecule has 4 nitrogen and oxygen atoms in total. The van der Waals surface area contributed by atoms with Crippen LogP contribution in [0.15, 0.2) is 18.2 Å². The maximum atomic E-state index is 9.73. The van der Waals surface area contributed by atoms with Crippen molar-refractivity contribution in [1.82, 2.24) is 5.32 Å². The number of aryl methyl sites for hydroxylation is 1. The second-order valence-electron chi connectivity index (χ2n) is 5.16. The molecule has 1 unspecified atom stereocenters.